The summed E-state index contributed by atoms with van der Waals surface area (Å²) < 4.78 is 43.4. The molecule has 1 atom stereocenters. The average Bonchev–Trinajstić information content (AvgIpc) is 3.07. The van der Waals surface area contributed by atoms with E-state index in [0.29, 0.717) is 0 Å². The molecule has 0 aliphatic heterocycles. The molecule has 2 aromatic rings. The van der Waals surface area contributed by atoms with Gasteiger partial charge in [0.25, 0.3) is 0 Å². The first kappa shape index (κ1) is 24.1. The highest BCUT2D eigenvalue weighted by molar-refractivity contribution is 5.83. The number of alkyl halides is 3. The quantitative estimate of drug-likeness (QED) is 0.622. The molecule has 0 bridgehead atoms. The molecule has 0 aromatic heterocycles. The number of nitrogens with one attached hydrogen (secondary N) is 1. The molecule has 2 aromatic carbocycles. The van der Waals surface area contributed by atoms with Gasteiger partial charge in [0.2, 0.25) is 5.91 Å². The third kappa shape index (κ3) is 6.03. The van der Waals surface area contributed by atoms with Crippen molar-refractivity contribution in [1.29, 1.82) is 0 Å². The zero-order valence-electron chi connectivity index (χ0n) is 17.8. The standard InChI is InChI=1S/C23H23F3N2O5/c1-14(21(31)28(11-20(29)30)13-23(24,25)26)10-27-22(32)33-12-19-17-8-4-2-6-15(17)16-7-3-5-9-18(16)19/h2-9,14,19H,10-13H2,1H3,(H,27,32)(H,29,30). The lowest BCUT2D eigenvalue weighted by Gasteiger charge is -2.25. The van der Waals surface area contributed by atoms with Crippen LogP contribution in [0.4, 0.5) is 18.0 Å². The van der Waals surface area contributed by atoms with Gasteiger partial charge in [0.05, 0.1) is 5.92 Å². The Morgan fingerprint density at radius 3 is 2.12 bits per heavy atom. The first-order valence-corrected chi connectivity index (χ1v) is 10.2. The van der Waals surface area contributed by atoms with Gasteiger partial charge in [-0.05, 0) is 22.3 Å². The van der Waals surface area contributed by atoms with Crippen LogP contribution in [0.15, 0.2) is 48.5 Å². The fourth-order valence-electron chi connectivity index (χ4n) is 3.88. The fourth-order valence-corrected chi connectivity index (χ4v) is 3.88. The van der Waals surface area contributed by atoms with Gasteiger partial charge >= 0.3 is 18.2 Å². The van der Waals surface area contributed by atoms with E-state index < -0.39 is 43.2 Å². The van der Waals surface area contributed by atoms with E-state index in [0.717, 1.165) is 22.3 Å². The summed E-state index contributed by atoms with van der Waals surface area (Å²) >= 11 is 0. The maximum atomic E-state index is 12.7. The molecule has 0 radical (unpaired) electrons. The van der Waals surface area contributed by atoms with E-state index >= 15 is 0 Å². The lowest BCUT2D eigenvalue weighted by Crippen LogP contribution is -2.46. The van der Waals surface area contributed by atoms with Crippen LogP contribution in [0.25, 0.3) is 11.1 Å². The molecule has 10 heteroatoms. The van der Waals surface area contributed by atoms with E-state index in [2.05, 4.69) is 5.32 Å². The molecular formula is C23H23F3N2O5. The Labute approximate surface area is 188 Å². The molecule has 2 N–H and O–H groups in total. The van der Waals surface area contributed by atoms with Crippen molar-refractivity contribution in [3.8, 4) is 11.1 Å². The number of amides is 2. The second-order valence-corrected chi connectivity index (χ2v) is 7.81. The zero-order chi connectivity index (χ0) is 24.2. The highest BCUT2D eigenvalue weighted by atomic mass is 19.4. The summed E-state index contributed by atoms with van der Waals surface area (Å²) in [6.07, 6.45) is -5.57. The second-order valence-electron chi connectivity index (χ2n) is 7.81. The lowest BCUT2D eigenvalue weighted by atomic mass is 9.98. The molecule has 1 unspecified atom stereocenters. The van der Waals surface area contributed by atoms with Crippen LogP contribution < -0.4 is 5.32 Å². The van der Waals surface area contributed by atoms with Crippen LogP contribution in [0, 0.1) is 5.92 Å². The molecule has 0 fully saturated rings. The van der Waals surface area contributed by atoms with Crippen LogP contribution in [-0.2, 0) is 14.3 Å². The first-order chi connectivity index (χ1) is 15.6. The van der Waals surface area contributed by atoms with E-state index in [1.165, 1.54) is 6.92 Å². The number of nitrogens with zero attached hydrogens (tertiary/aromatic N) is 1. The highest BCUT2D eigenvalue weighted by Crippen LogP contribution is 2.44. The number of hydrogen-bond donors (Lipinski definition) is 2. The van der Waals surface area contributed by atoms with Crippen LogP contribution in [0.3, 0.4) is 0 Å². The monoisotopic (exact) mass is 464 g/mol. The molecule has 0 saturated heterocycles. The summed E-state index contributed by atoms with van der Waals surface area (Å²) in [5, 5.41) is 11.2. The van der Waals surface area contributed by atoms with Crippen molar-refractivity contribution in [1.82, 2.24) is 10.2 Å². The number of benzene rings is 2. The molecule has 0 spiro atoms. The summed E-state index contributed by atoms with van der Waals surface area (Å²) in [6.45, 7) is -1.73. The SMILES string of the molecule is CC(CNC(=O)OCC1c2ccccc2-c2ccccc21)C(=O)N(CC(=O)O)CC(F)(F)F. The van der Waals surface area contributed by atoms with Crippen molar-refractivity contribution in [2.24, 2.45) is 5.92 Å². The van der Waals surface area contributed by atoms with E-state index in [1.807, 2.05) is 48.5 Å². The number of carbonyl (C=O) groups excluding carboxylic acids is 2. The Balaban J connectivity index is 1.56. The van der Waals surface area contributed by atoms with Gasteiger partial charge in [0.1, 0.15) is 19.7 Å². The van der Waals surface area contributed by atoms with E-state index in [4.69, 9.17) is 9.84 Å². The average molecular weight is 464 g/mol. The number of carbonyl (C=O) groups is 3. The minimum absolute atomic E-state index is 0.0431. The number of aliphatic carboxylic acids is 1. The maximum absolute atomic E-state index is 12.7. The summed E-state index contributed by atoms with van der Waals surface area (Å²) in [5.41, 5.74) is 4.16. The molecular weight excluding hydrogens is 441 g/mol. The molecule has 1 aliphatic carbocycles. The third-order valence-corrected chi connectivity index (χ3v) is 5.33. The summed E-state index contributed by atoms with van der Waals surface area (Å²) in [5.74, 6) is -3.84. The molecule has 0 saturated carbocycles. The van der Waals surface area contributed by atoms with Crippen LogP contribution in [0.2, 0.25) is 0 Å². The molecule has 1 aliphatic rings. The number of ether oxygens (including phenoxy) is 1. The topological polar surface area (TPSA) is 95.9 Å². The van der Waals surface area contributed by atoms with Gasteiger partial charge in [-0.2, -0.15) is 13.2 Å². The van der Waals surface area contributed by atoms with Gasteiger partial charge in [0.15, 0.2) is 0 Å². The van der Waals surface area contributed by atoms with Crippen molar-refractivity contribution in [3.05, 3.63) is 59.7 Å². The molecule has 3 rings (SSSR count). The number of hydrogen-bond acceptors (Lipinski definition) is 4. The number of carboxylic acid groups (broad SMARTS) is 1. The number of alkyl carbamates (subject to hydrolysis) is 1. The molecule has 176 valence electrons. The van der Waals surface area contributed by atoms with Gasteiger partial charge in [-0.25, -0.2) is 4.79 Å². The number of rotatable bonds is 8. The van der Waals surface area contributed by atoms with Crippen LogP contribution in [0.5, 0.6) is 0 Å². The smallest absolute Gasteiger partial charge is 0.407 e. The van der Waals surface area contributed by atoms with Gasteiger partial charge in [-0.15, -0.1) is 0 Å². The van der Waals surface area contributed by atoms with Gasteiger partial charge in [-0.3, -0.25) is 9.59 Å². The van der Waals surface area contributed by atoms with Crippen molar-refractivity contribution < 1.29 is 37.4 Å². The minimum atomic E-state index is -4.74. The minimum Gasteiger partial charge on any atom is -0.480 e. The Morgan fingerprint density at radius 1 is 1.06 bits per heavy atom. The summed E-state index contributed by atoms with van der Waals surface area (Å²) in [4.78, 5) is 35.5. The van der Waals surface area contributed by atoms with Crippen molar-refractivity contribution in [3.63, 3.8) is 0 Å². The fraction of sp³-hybridized carbons (Fsp3) is 0.348. The predicted molar refractivity (Wildman–Crippen MR) is 113 cm³/mol. The zero-order valence-corrected chi connectivity index (χ0v) is 17.8. The molecule has 2 amide bonds. The van der Waals surface area contributed by atoms with Gasteiger partial charge in [0, 0.05) is 12.5 Å². The van der Waals surface area contributed by atoms with Crippen molar-refractivity contribution in [2.75, 3.05) is 26.2 Å². The van der Waals surface area contributed by atoms with Gasteiger partial charge < -0.3 is 20.1 Å². The Morgan fingerprint density at radius 2 is 1.61 bits per heavy atom. The van der Waals surface area contributed by atoms with Crippen LogP contribution in [0.1, 0.15) is 24.0 Å². The first-order valence-electron chi connectivity index (χ1n) is 10.2. The predicted octanol–water partition coefficient (Wildman–Crippen LogP) is 3.64. The Bertz CT molecular complexity index is 995. The number of halogens is 3. The third-order valence-electron chi connectivity index (χ3n) is 5.33. The number of carboxylic acids is 1. The summed E-state index contributed by atoms with van der Waals surface area (Å²) in [6, 6.07) is 15.5. The van der Waals surface area contributed by atoms with Gasteiger partial charge in [-0.1, -0.05) is 55.5 Å². The maximum Gasteiger partial charge on any atom is 0.407 e. The van der Waals surface area contributed by atoms with Crippen LogP contribution in [-0.4, -0.2) is 60.4 Å². The van der Waals surface area contributed by atoms with Crippen molar-refractivity contribution in [2.45, 2.75) is 19.0 Å². The largest absolute Gasteiger partial charge is 0.480 e. The summed E-state index contributed by atoms with van der Waals surface area (Å²) in [7, 11) is 0. The Kier molecular flexibility index (Phi) is 7.25. The van der Waals surface area contributed by atoms with Crippen molar-refractivity contribution >= 4 is 18.0 Å². The normalized spacial score (nSPS) is 13.6. The highest BCUT2D eigenvalue weighted by Gasteiger charge is 2.35. The second kappa shape index (κ2) is 9.93. The molecule has 7 nitrogen and oxygen atoms in total. The number of fused-ring (bicyclic) bond motifs is 3. The van der Waals surface area contributed by atoms with E-state index in [-0.39, 0.29) is 24.0 Å². The van der Waals surface area contributed by atoms with E-state index in [1.54, 1.807) is 0 Å². The molecule has 0 heterocycles. The van der Waals surface area contributed by atoms with E-state index in [9.17, 15) is 27.6 Å². The lowest BCUT2D eigenvalue weighted by molar-refractivity contribution is -0.167. The Hall–Kier alpha value is -3.56. The molecule has 33 heavy (non-hydrogen) atoms. The van der Waals surface area contributed by atoms with Crippen LogP contribution >= 0.6 is 0 Å².